The number of phenolic OH excluding ortho intramolecular Hbond substituents is 1. The molecule has 0 bridgehead atoms. The minimum absolute atomic E-state index is 0.0582. The number of rotatable bonds is 6. The molecular formula is C18H18O5. The number of phenols is 1. The standard InChI is InChI=1S/C18H18O5/c1-3-11-5-4-6-13(14(11)10-17(20)21)18(22)12-7-8-15(19)16(9-12)23-2/h4-9,19H,3,10H2,1-2H3,(H,20,21). The van der Waals surface area contributed by atoms with Crippen molar-refractivity contribution >= 4 is 11.8 Å². The number of ether oxygens (including phenoxy) is 1. The summed E-state index contributed by atoms with van der Waals surface area (Å²) < 4.78 is 5.02. The molecule has 0 aromatic heterocycles. The van der Waals surface area contributed by atoms with Crippen molar-refractivity contribution in [3.8, 4) is 11.5 Å². The van der Waals surface area contributed by atoms with Crippen molar-refractivity contribution in [1.82, 2.24) is 0 Å². The fraction of sp³-hybridized carbons (Fsp3) is 0.222. The molecule has 0 fully saturated rings. The Bertz CT molecular complexity index is 749. The predicted molar refractivity (Wildman–Crippen MR) is 85.3 cm³/mol. The van der Waals surface area contributed by atoms with Gasteiger partial charge in [-0.05, 0) is 35.7 Å². The number of hydrogen-bond donors (Lipinski definition) is 2. The van der Waals surface area contributed by atoms with Gasteiger partial charge in [0.1, 0.15) is 0 Å². The Balaban J connectivity index is 2.52. The maximum absolute atomic E-state index is 12.8. The molecule has 0 atom stereocenters. The number of carbonyl (C=O) groups excluding carboxylic acids is 1. The first-order valence-corrected chi connectivity index (χ1v) is 7.22. The average Bonchev–Trinajstić information content (AvgIpc) is 2.54. The Kier molecular flexibility index (Phi) is 5.01. The first-order valence-electron chi connectivity index (χ1n) is 7.22. The summed E-state index contributed by atoms with van der Waals surface area (Å²) in [5, 5.41) is 18.7. The lowest BCUT2D eigenvalue weighted by atomic mass is 9.91. The van der Waals surface area contributed by atoms with Crippen molar-refractivity contribution in [1.29, 1.82) is 0 Å². The van der Waals surface area contributed by atoms with Crippen LogP contribution in [-0.4, -0.2) is 29.1 Å². The van der Waals surface area contributed by atoms with E-state index in [0.717, 1.165) is 5.56 Å². The Labute approximate surface area is 134 Å². The second-order valence-electron chi connectivity index (χ2n) is 5.08. The third kappa shape index (κ3) is 3.51. The number of benzene rings is 2. The Hall–Kier alpha value is -2.82. The highest BCUT2D eigenvalue weighted by Crippen LogP contribution is 2.28. The third-order valence-electron chi connectivity index (χ3n) is 3.67. The van der Waals surface area contributed by atoms with Crippen LogP contribution in [0.5, 0.6) is 11.5 Å². The molecule has 2 N–H and O–H groups in total. The van der Waals surface area contributed by atoms with Gasteiger partial charge in [-0.15, -0.1) is 0 Å². The van der Waals surface area contributed by atoms with Gasteiger partial charge in [-0.2, -0.15) is 0 Å². The van der Waals surface area contributed by atoms with Crippen molar-refractivity contribution in [3.05, 3.63) is 58.7 Å². The number of methoxy groups -OCH3 is 1. The molecule has 0 aliphatic heterocycles. The summed E-state index contributed by atoms with van der Waals surface area (Å²) in [6.45, 7) is 1.92. The molecule has 2 aromatic carbocycles. The van der Waals surface area contributed by atoms with E-state index in [1.165, 1.54) is 25.3 Å². The van der Waals surface area contributed by atoms with Crippen molar-refractivity contribution in [2.45, 2.75) is 19.8 Å². The van der Waals surface area contributed by atoms with Gasteiger partial charge in [0, 0.05) is 11.1 Å². The van der Waals surface area contributed by atoms with Crippen LogP contribution in [0.25, 0.3) is 0 Å². The van der Waals surface area contributed by atoms with E-state index in [1.807, 2.05) is 13.0 Å². The highest BCUT2D eigenvalue weighted by atomic mass is 16.5. The van der Waals surface area contributed by atoms with Crippen molar-refractivity contribution in [2.75, 3.05) is 7.11 Å². The monoisotopic (exact) mass is 314 g/mol. The van der Waals surface area contributed by atoms with Crippen molar-refractivity contribution in [2.24, 2.45) is 0 Å². The first-order chi connectivity index (χ1) is 11.0. The molecule has 0 saturated heterocycles. The zero-order valence-electron chi connectivity index (χ0n) is 13.0. The van der Waals surface area contributed by atoms with Crippen LogP contribution >= 0.6 is 0 Å². The van der Waals surface area contributed by atoms with Gasteiger partial charge in [0.05, 0.1) is 13.5 Å². The predicted octanol–water partition coefficient (Wildman–Crippen LogP) is 2.82. The number of carboxylic acids is 1. The largest absolute Gasteiger partial charge is 0.504 e. The summed E-state index contributed by atoms with van der Waals surface area (Å²) in [7, 11) is 1.40. The quantitative estimate of drug-likeness (QED) is 0.801. The third-order valence-corrected chi connectivity index (χ3v) is 3.67. The molecule has 2 rings (SSSR count). The Morgan fingerprint density at radius 2 is 1.91 bits per heavy atom. The zero-order valence-corrected chi connectivity index (χ0v) is 13.0. The average molecular weight is 314 g/mol. The van der Waals surface area contributed by atoms with E-state index in [-0.39, 0.29) is 23.7 Å². The molecule has 0 aliphatic carbocycles. The normalized spacial score (nSPS) is 10.3. The van der Waals surface area contributed by atoms with Gasteiger partial charge >= 0.3 is 5.97 Å². The molecule has 0 heterocycles. The van der Waals surface area contributed by atoms with E-state index in [2.05, 4.69) is 0 Å². The molecule has 0 radical (unpaired) electrons. The SMILES string of the molecule is CCc1cccc(C(=O)c2ccc(O)c(OC)c2)c1CC(=O)O. The highest BCUT2D eigenvalue weighted by molar-refractivity contribution is 6.10. The molecule has 0 amide bonds. The molecule has 0 saturated carbocycles. The van der Waals surface area contributed by atoms with Crippen LogP contribution in [0, 0.1) is 0 Å². The number of ketones is 1. The molecule has 5 nitrogen and oxygen atoms in total. The van der Waals surface area contributed by atoms with Gasteiger partial charge in [0.25, 0.3) is 0 Å². The Morgan fingerprint density at radius 1 is 1.17 bits per heavy atom. The second-order valence-corrected chi connectivity index (χ2v) is 5.08. The first kappa shape index (κ1) is 16.5. The zero-order chi connectivity index (χ0) is 17.0. The summed E-state index contributed by atoms with van der Waals surface area (Å²) in [6, 6.07) is 9.51. The van der Waals surface area contributed by atoms with Crippen LogP contribution in [0.1, 0.15) is 34.0 Å². The van der Waals surface area contributed by atoms with E-state index in [4.69, 9.17) is 9.84 Å². The topological polar surface area (TPSA) is 83.8 Å². The van der Waals surface area contributed by atoms with Crippen LogP contribution in [-0.2, 0) is 17.6 Å². The minimum Gasteiger partial charge on any atom is -0.504 e. The van der Waals surface area contributed by atoms with E-state index in [9.17, 15) is 14.7 Å². The van der Waals surface area contributed by atoms with Crippen LogP contribution in [0.4, 0.5) is 0 Å². The van der Waals surface area contributed by atoms with E-state index >= 15 is 0 Å². The molecule has 23 heavy (non-hydrogen) atoms. The number of aryl methyl sites for hydroxylation is 1. The molecular weight excluding hydrogens is 296 g/mol. The van der Waals surface area contributed by atoms with E-state index in [0.29, 0.717) is 23.1 Å². The summed E-state index contributed by atoms with van der Waals surface area (Å²) >= 11 is 0. The van der Waals surface area contributed by atoms with Gasteiger partial charge in [0.2, 0.25) is 0 Å². The van der Waals surface area contributed by atoms with E-state index < -0.39 is 5.97 Å². The number of aromatic hydroxyl groups is 1. The molecule has 0 aliphatic rings. The highest BCUT2D eigenvalue weighted by Gasteiger charge is 2.19. The second kappa shape index (κ2) is 6.96. The lowest BCUT2D eigenvalue weighted by Gasteiger charge is -2.12. The van der Waals surface area contributed by atoms with Crippen LogP contribution < -0.4 is 4.74 Å². The fourth-order valence-corrected chi connectivity index (χ4v) is 2.51. The van der Waals surface area contributed by atoms with Crippen LogP contribution in [0.15, 0.2) is 36.4 Å². The van der Waals surface area contributed by atoms with Gasteiger partial charge in [-0.25, -0.2) is 0 Å². The van der Waals surface area contributed by atoms with Gasteiger partial charge in [0.15, 0.2) is 17.3 Å². The van der Waals surface area contributed by atoms with Crippen molar-refractivity contribution < 1.29 is 24.5 Å². The smallest absolute Gasteiger partial charge is 0.307 e. The molecule has 0 spiro atoms. The maximum Gasteiger partial charge on any atom is 0.307 e. The van der Waals surface area contributed by atoms with Gasteiger partial charge < -0.3 is 14.9 Å². The van der Waals surface area contributed by atoms with Gasteiger partial charge in [-0.1, -0.05) is 25.1 Å². The number of hydrogen-bond acceptors (Lipinski definition) is 4. The lowest BCUT2D eigenvalue weighted by molar-refractivity contribution is -0.136. The molecule has 0 unspecified atom stereocenters. The molecule has 120 valence electrons. The summed E-state index contributed by atoms with van der Waals surface area (Å²) in [6.07, 6.45) is 0.433. The molecule has 2 aromatic rings. The number of aliphatic carboxylic acids is 1. The maximum atomic E-state index is 12.8. The number of carboxylic acid groups (broad SMARTS) is 1. The van der Waals surface area contributed by atoms with E-state index in [1.54, 1.807) is 12.1 Å². The Morgan fingerprint density at radius 3 is 2.52 bits per heavy atom. The fourth-order valence-electron chi connectivity index (χ4n) is 2.51. The van der Waals surface area contributed by atoms with Crippen molar-refractivity contribution in [3.63, 3.8) is 0 Å². The number of carbonyl (C=O) groups is 2. The summed E-state index contributed by atoms with van der Waals surface area (Å²) in [4.78, 5) is 23.9. The summed E-state index contributed by atoms with van der Waals surface area (Å²) in [5.74, 6) is -1.14. The lowest BCUT2D eigenvalue weighted by Crippen LogP contribution is -2.12. The van der Waals surface area contributed by atoms with Gasteiger partial charge in [-0.3, -0.25) is 9.59 Å². The van der Waals surface area contributed by atoms with Crippen LogP contribution in [0.2, 0.25) is 0 Å². The minimum atomic E-state index is -0.983. The summed E-state index contributed by atoms with van der Waals surface area (Å²) in [5.41, 5.74) is 2.06. The van der Waals surface area contributed by atoms with Crippen LogP contribution in [0.3, 0.4) is 0 Å². The molecule has 5 heteroatoms.